The zero-order chi connectivity index (χ0) is 14.6. The molecule has 5 nitrogen and oxygen atoms in total. The molecule has 3 N–H and O–H groups in total. The fraction of sp³-hybridized carbons (Fsp3) is 0.857. The van der Waals surface area contributed by atoms with Crippen LogP contribution in [0, 0.1) is 23.2 Å². The maximum atomic E-state index is 12.1. The maximum Gasteiger partial charge on any atom is 0.235 e. The van der Waals surface area contributed by atoms with Gasteiger partial charge in [0.15, 0.2) is 0 Å². The van der Waals surface area contributed by atoms with E-state index in [1.807, 2.05) is 13.8 Å². The number of likely N-dealkylation sites (tertiary alicyclic amines) is 1. The summed E-state index contributed by atoms with van der Waals surface area (Å²) < 4.78 is 0. The third kappa shape index (κ3) is 4.48. The van der Waals surface area contributed by atoms with E-state index in [1.165, 1.54) is 0 Å². The van der Waals surface area contributed by atoms with E-state index in [-0.39, 0.29) is 17.9 Å². The predicted octanol–water partition coefficient (Wildman–Crippen LogP) is 0.710. The summed E-state index contributed by atoms with van der Waals surface area (Å²) >= 11 is 0. The van der Waals surface area contributed by atoms with E-state index >= 15 is 0 Å². The highest BCUT2D eigenvalue weighted by molar-refractivity contribution is 5.79. The van der Waals surface area contributed by atoms with Gasteiger partial charge in [-0.1, -0.05) is 20.8 Å². The molecule has 1 aliphatic rings. The van der Waals surface area contributed by atoms with Crippen LogP contribution in [0.4, 0.5) is 0 Å². The van der Waals surface area contributed by atoms with Crippen LogP contribution in [-0.4, -0.2) is 42.0 Å². The molecule has 0 aromatic carbocycles. The minimum absolute atomic E-state index is 0.0731. The highest BCUT2D eigenvalue weighted by Crippen LogP contribution is 2.17. The molecule has 0 saturated carbocycles. The Morgan fingerprint density at radius 2 is 2.21 bits per heavy atom. The van der Waals surface area contributed by atoms with Gasteiger partial charge >= 0.3 is 0 Å². The Hall–Kier alpha value is -1.12. The van der Waals surface area contributed by atoms with Crippen LogP contribution >= 0.6 is 0 Å². The molecule has 0 spiro atoms. The van der Waals surface area contributed by atoms with E-state index in [1.54, 1.807) is 6.92 Å². The molecule has 3 atom stereocenters. The van der Waals surface area contributed by atoms with Gasteiger partial charge < -0.3 is 11.1 Å². The number of rotatable bonds is 4. The summed E-state index contributed by atoms with van der Waals surface area (Å²) in [5.41, 5.74) is 5.16. The number of hydrogen-bond acceptors (Lipinski definition) is 4. The lowest BCUT2D eigenvalue weighted by atomic mass is 9.90. The second-order valence-electron chi connectivity index (χ2n) is 6.31. The van der Waals surface area contributed by atoms with Gasteiger partial charge in [0.1, 0.15) is 5.54 Å². The number of nitriles is 1. The summed E-state index contributed by atoms with van der Waals surface area (Å²) in [6.45, 7) is 9.75. The van der Waals surface area contributed by atoms with E-state index in [0.29, 0.717) is 12.5 Å². The number of carbonyl (C=O) groups is 1. The summed E-state index contributed by atoms with van der Waals surface area (Å²) in [6.07, 6.45) is 1.01. The third-order valence-electron chi connectivity index (χ3n) is 3.92. The molecule has 1 amide bonds. The highest BCUT2D eigenvalue weighted by Gasteiger charge is 2.31. The van der Waals surface area contributed by atoms with Gasteiger partial charge in [-0.25, -0.2) is 0 Å². The van der Waals surface area contributed by atoms with Crippen LogP contribution in [-0.2, 0) is 4.79 Å². The van der Waals surface area contributed by atoms with Crippen molar-refractivity contribution in [3.05, 3.63) is 0 Å². The molecule has 5 heteroatoms. The summed E-state index contributed by atoms with van der Waals surface area (Å²) in [7, 11) is 0. The number of amides is 1. The number of nitrogens with one attached hydrogen (secondary N) is 1. The van der Waals surface area contributed by atoms with E-state index in [2.05, 4.69) is 23.2 Å². The van der Waals surface area contributed by atoms with Gasteiger partial charge in [-0.3, -0.25) is 9.69 Å². The first kappa shape index (κ1) is 15.9. The van der Waals surface area contributed by atoms with Crippen LogP contribution in [0.25, 0.3) is 0 Å². The zero-order valence-electron chi connectivity index (χ0n) is 12.4. The second-order valence-corrected chi connectivity index (χ2v) is 6.31. The number of nitrogens with two attached hydrogens (primary N) is 1. The van der Waals surface area contributed by atoms with Crippen LogP contribution in [0.15, 0.2) is 0 Å². The normalized spacial score (nSPS) is 27.6. The molecule has 0 aliphatic carbocycles. The molecule has 3 unspecified atom stereocenters. The fourth-order valence-electron chi connectivity index (χ4n) is 2.48. The molecule has 1 rings (SSSR count). The average molecular weight is 266 g/mol. The van der Waals surface area contributed by atoms with Gasteiger partial charge in [-0.05, 0) is 25.2 Å². The molecule has 1 heterocycles. The molecule has 108 valence electrons. The Balaban J connectivity index is 2.54. The van der Waals surface area contributed by atoms with Crippen molar-refractivity contribution < 1.29 is 4.79 Å². The molecule has 0 aromatic rings. The molecule has 0 radical (unpaired) electrons. The van der Waals surface area contributed by atoms with Crippen molar-refractivity contribution in [1.29, 1.82) is 5.26 Å². The van der Waals surface area contributed by atoms with Crippen LogP contribution < -0.4 is 11.1 Å². The van der Waals surface area contributed by atoms with Crippen molar-refractivity contribution in [3.8, 4) is 6.07 Å². The van der Waals surface area contributed by atoms with E-state index in [0.717, 1.165) is 19.5 Å². The molecule has 1 fully saturated rings. The van der Waals surface area contributed by atoms with Gasteiger partial charge in [0.05, 0.1) is 12.6 Å². The molecule has 0 aromatic heterocycles. The molecular formula is C14H26N4O. The van der Waals surface area contributed by atoms with Gasteiger partial charge in [-0.15, -0.1) is 0 Å². The maximum absolute atomic E-state index is 12.1. The molecule has 1 aliphatic heterocycles. The van der Waals surface area contributed by atoms with E-state index in [9.17, 15) is 10.1 Å². The predicted molar refractivity (Wildman–Crippen MR) is 75.2 cm³/mol. The molecular weight excluding hydrogens is 240 g/mol. The Labute approximate surface area is 116 Å². The van der Waals surface area contributed by atoms with Crippen molar-refractivity contribution in [3.63, 3.8) is 0 Å². The Morgan fingerprint density at radius 1 is 1.58 bits per heavy atom. The summed E-state index contributed by atoms with van der Waals surface area (Å²) in [5, 5.41) is 12.0. The smallest absolute Gasteiger partial charge is 0.235 e. The topological polar surface area (TPSA) is 82.2 Å². The van der Waals surface area contributed by atoms with E-state index in [4.69, 9.17) is 5.73 Å². The second kappa shape index (κ2) is 6.36. The Bertz CT molecular complexity index is 353. The fourth-order valence-corrected chi connectivity index (χ4v) is 2.48. The van der Waals surface area contributed by atoms with Gasteiger partial charge in [-0.2, -0.15) is 5.26 Å². The standard InChI is InChI=1S/C14H26N4O/c1-10(2)14(4,9-15)17-13(19)8-18-6-11(3)5-12(16)7-18/h10-12H,5-8,16H2,1-4H3,(H,17,19). The number of nitrogens with zero attached hydrogens (tertiary/aromatic N) is 2. The van der Waals surface area contributed by atoms with Crippen molar-refractivity contribution in [1.82, 2.24) is 10.2 Å². The number of carbonyl (C=O) groups excluding carboxylic acids is 1. The monoisotopic (exact) mass is 266 g/mol. The van der Waals surface area contributed by atoms with Crippen molar-refractivity contribution in [2.45, 2.75) is 45.7 Å². The third-order valence-corrected chi connectivity index (χ3v) is 3.92. The Morgan fingerprint density at radius 3 is 2.68 bits per heavy atom. The summed E-state index contributed by atoms with van der Waals surface area (Å²) in [6, 6.07) is 2.33. The van der Waals surface area contributed by atoms with Gasteiger partial charge in [0.25, 0.3) is 0 Å². The Kier molecular flexibility index (Phi) is 5.33. The van der Waals surface area contributed by atoms with Crippen LogP contribution in [0.1, 0.15) is 34.1 Å². The van der Waals surface area contributed by atoms with Crippen LogP contribution in [0.2, 0.25) is 0 Å². The summed E-state index contributed by atoms with van der Waals surface area (Å²) in [4.78, 5) is 14.1. The molecule has 0 bridgehead atoms. The van der Waals surface area contributed by atoms with Crippen LogP contribution in [0.3, 0.4) is 0 Å². The van der Waals surface area contributed by atoms with Gasteiger partial charge in [0.2, 0.25) is 5.91 Å². The zero-order valence-corrected chi connectivity index (χ0v) is 12.4. The molecule has 19 heavy (non-hydrogen) atoms. The minimum atomic E-state index is -0.805. The van der Waals surface area contributed by atoms with Gasteiger partial charge in [0, 0.05) is 19.1 Å². The lowest BCUT2D eigenvalue weighted by Crippen LogP contribution is -2.54. The summed E-state index contributed by atoms with van der Waals surface area (Å²) in [5.74, 6) is 0.493. The molecule has 1 saturated heterocycles. The SMILES string of the molecule is CC1CC(N)CN(CC(=O)NC(C)(C#N)C(C)C)C1. The first-order chi connectivity index (χ1) is 8.76. The largest absolute Gasteiger partial charge is 0.337 e. The van der Waals surface area contributed by atoms with Crippen molar-refractivity contribution >= 4 is 5.91 Å². The average Bonchev–Trinajstić information content (AvgIpc) is 2.26. The van der Waals surface area contributed by atoms with Crippen LogP contribution in [0.5, 0.6) is 0 Å². The number of piperidine rings is 1. The first-order valence-corrected chi connectivity index (χ1v) is 6.97. The highest BCUT2D eigenvalue weighted by atomic mass is 16.2. The quantitative estimate of drug-likeness (QED) is 0.785. The van der Waals surface area contributed by atoms with E-state index < -0.39 is 5.54 Å². The van der Waals surface area contributed by atoms with Crippen molar-refractivity contribution in [2.75, 3.05) is 19.6 Å². The lowest BCUT2D eigenvalue weighted by molar-refractivity contribution is -0.124. The number of hydrogen-bond donors (Lipinski definition) is 2. The van der Waals surface area contributed by atoms with Crippen molar-refractivity contribution in [2.24, 2.45) is 17.6 Å². The lowest BCUT2D eigenvalue weighted by Gasteiger charge is -2.35. The minimum Gasteiger partial charge on any atom is -0.337 e. The first-order valence-electron chi connectivity index (χ1n) is 6.97.